The number of nitrogens with zero attached hydrogens (tertiary/aromatic N) is 2. The molecule has 5 heteroatoms. The zero-order chi connectivity index (χ0) is 17.8. The van der Waals surface area contributed by atoms with E-state index in [4.69, 9.17) is 12.2 Å². The molecule has 1 aliphatic rings. The minimum absolute atomic E-state index is 0.0552. The van der Waals surface area contributed by atoms with Crippen LogP contribution in [-0.4, -0.2) is 28.7 Å². The number of hydrogen-bond acceptors (Lipinski definition) is 4. The van der Waals surface area contributed by atoms with Gasteiger partial charge in [0.2, 0.25) is 0 Å². The van der Waals surface area contributed by atoms with Gasteiger partial charge in [-0.2, -0.15) is 0 Å². The highest BCUT2D eigenvalue weighted by Gasteiger charge is 2.30. The van der Waals surface area contributed by atoms with Gasteiger partial charge in [-0.3, -0.25) is 9.69 Å². The van der Waals surface area contributed by atoms with Gasteiger partial charge in [0, 0.05) is 25.0 Å². The quantitative estimate of drug-likeness (QED) is 0.429. The van der Waals surface area contributed by atoms with E-state index in [1.54, 1.807) is 11.0 Å². The predicted molar refractivity (Wildman–Crippen MR) is 111 cm³/mol. The van der Waals surface area contributed by atoms with E-state index in [0.717, 1.165) is 16.9 Å². The lowest BCUT2D eigenvalue weighted by molar-refractivity contribution is -0.121. The van der Waals surface area contributed by atoms with Gasteiger partial charge in [0.05, 0.1) is 4.91 Å². The van der Waals surface area contributed by atoms with E-state index in [0.29, 0.717) is 15.8 Å². The molecule has 1 aliphatic heterocycles. The summed E-state index contributed by atoms with van der Waals surface area (Å²) in [5.41, 5.74) is 3.19. The number of carbonyl (C=O) groups is 1. The van der Waals surface area contributed by atoms with Gasteiger partial charge in [0.15, 0.2) is 0 Å². The Labute approximate surface area is 157 Å². The summed E-state index contributed by atoms with van der Waals surface area (Å²) in [6.45, 7) is 4.11. The molecule has 2 aromatic rings. The van der Waals surface area contributed by atoms with Crippen LogP contribution in [0.5, 0.6) is 0 Å². The maximum atomic E-state index is 12.4. The second-order valence-corrected chi connectivity index (χ2v) is 7.24. The molecular weight excluding hydrogens is 348 g/mol. The standard InChI is InChI=1S/C20H18N2OS2/c1-3-13-22-19(23)18(25-20(22)24)14-15-9-11-17(12-10-15)21(2)16-7-5-4-6-8-16/h3-12,14H,1,13H2,2H3/b18-14-. The molecule has 3 nitrogen and oxygen atoms in total. The van der Waals surface area contributed by atoms with Crippen molar-refractivity contribution in [1.82, 2.24) is 4.90 Å². The molecule has 25 heavy (non-hydrogen) atoms. The zero-order valence-corrected chi connectivity index (χ0v) is 15.5. The Balaban J connectivity index is 1.78. The highest BCUT2D eigenvalue weighted by Crippen LogP contribution is 2.33. The lowest BCUT2D eigenvalue weighted by Crippen LogP contribution is -2.27. The average Bonchev–Trinajstić information content (AvgIpc) is 2.90. The Morgan fingerprint density at radius 2 is 1.76 bits per heavy atom. The molecule has 0 atom stereocenters. The normalized spacial score (nSPS) is 15.7. The molecule has 2 aromatic carbocycles. The van der Waals surface area contributed by atoms with Crippen LogP contribution in [0.4, 0.5) is 11.4 Å². The van der Waals surface area contributed by atoms with Gasteiger partial charge in [0.25, 0.3) is 5.91 Å². The molecule has 0 bridgehead atoms. The van der Waals surface area contributed by atoms with Crippen LogP contribution in [0.25, 0.3) is 6.08 Å². The van der Waals surface area contributed by atoms with Crippen LogP contribution in [0.2, 0.25) is 0 Å². The van der Waals surface area contributed by atoms with Crippen molar-refractivity contribution in [2.24, 2.45) is 0 Å². The van der Waals surface area contributed by atoms with Crippen LogP contribution >= 0.6 is 24.0 Å². The van der Waals surface area contributed by atoms with Gasteiger partial charge in [-0.1, -0.05) is 60.4 Å². The van der Waals surface area contributed by atoms with Gasteiger partial charge < -0.3 is 4.90 Å². The Hall–Kier alpha value is -2.37. The van der Waals surface area contributed by atoms with Crippen molar-refractivity contribution < 1.29 is 4.79 Å². The molecule has 0 unspecified atom stereocenters. The fraction of sp³-hybridized carbons (Fsp3) is 0.100. The average molecular weight is 367 g/mol. The molecule has 0 spiro atoms. The monoisotopic (exact) mass is 366 g/mol. The van der Waals surface area contributed by atoms with Gasteiger partial charge >= 0.3 is 0 Å². The number of hydrogen-bond donors (Lipinski definition) is 0. The van der Waals surface area contributed by atoms with E-state index < -0.39 is 0 Å². The number of amides is 1. The SMILES string of the molecule is C=CCN1C(=O)/C(=C/c2ccc(N(C)c3ccccc3)cc2)SC1=S. The number of anilines is 2. The molecule has 0 aromatic heterocycles. The molecule has 0 aliphatic carbocycles. The fourth-order valence-electron chi connectivity index (χ4n) is 2.53. The lowest BCUT2D eigenvalue weighted by atomic mass is 10.1. The van der Waals surface area contributed by atoms with Gasteiger partial charge in [0.1, 0.15) is 4.32 Å². The molecule has 1 fully saturated rings. The first-order chi connectivity index (χ1) is 12.1. The van der Waals surface area contributed by atoms with Crippen molar-refractivity contribution in [2.45, 2.75) is 0 Å². The van der Waals surface area contributed by atoms with E-state index in [-0.39, 0.29) is 5.91 Å². The summed E-state index contributed by atoms with van der Waals surface area (Å²) >= 11 is 6.59. The molecule has 126 valence electrons. The van der Waals surface area contributed by atoms with Crippen molar-refractivity contribution in [1.29, 1.82) is 0 Å². The van der Waals surface area contributed by atoms with Crippen LogP contribution in [0, 0.1) is 0 Å². The Morgan fingerprint density at radius 3 is 2.40 bits per heavy atom. The van der Waals surface area contributed by atoms with Crippen LogP contribution in [0.15, 0.2) is 72.2 Å². The molecule has 0 N–H and O–H groups in total. The van der Waals surface area contributed by atoms with Crippen LogP contribution in [0.1, 0.15) is 5.56 Å². The second-order valence-electron chi connectivity index (χ2n) is 5.57. The van der Waals surface area contributed by atoms with E-state index >= 15 is 0 Å². The number of thioether (sulfide) groups is 1. The fourth-order valence-corrected chi connectivity index (χ4v) is 3.81. The lowest BCUT2D eigenvalue weighted by Gasteiger charge is -2.19. The van der Waals surface area contributed by atoms with Crippen LogP contribution < -0.4 is 4.90 Å². The molecule has 0 saturated carbocycles. The first-order valence-electron chi connectivity index (χ1n) is 7.85. The van der Waals surface area contributed by atoms with Crippen molar-refractivity contribution in [2.75, 3.05) is 18.5 Å². The van der Waals surface area contributed by atoms with Crippen LogP contribution in [-0.2, 0) is 4.79 Å². The number of thiocarbonyl (C=S) groups is 1. The summed E-state index contributed by atoms with van der Waals surface area (Å²) < 4.78 is 0.580. The third-order valence-corrected chi connectivity index (χ3v) is 5.28. The first kappa shape index (κ1) is 17.5. The maximum Gasteiger partial charge on any atom is 0.266 e. The molecule has 3 rings (SSSR count). The third-order valence-electron chi connectivity index (χ3n) is 3.91. The summed E-state index contributed by atoms with van der Waals surface area (Å²) in [4.78, 5) is 16.7. The topological polar surface area (TPSA) is 23.6 Å². The number of para-hydroxylation sites is 1. The molecular formula is C20H18N2OS2. The van der Waals surface area contributed by atoms with Crippen molar-refractivity contribution >= 4 is 51.7 Å². The van der Waals surface area contributed by atoms with Gasteiger partial charge in [-0.25, -0.2) is 0 Å². The molecule has 0 radical (unpaired) electrons. The van der Waals surface area contributed by atoms with Crippen molar-refractivity contribution in [3.8, 4) is 0 Å². The smallest absolute Gasteiger partial charge is 0.266 e. The molecule has 1 saturated heterocycles. The van der Waals surface area contributed by atoms with Crippen molar-refractivity contribution in [3.05, 3.63) is 77.7 Å². The minimum atomic E-state index is -0.0552. The Kier molecular flexibility index (Phi) is 5.36. The second kappa shape index (κ2) is 7.68. The van der Waals surface area contributed by atoms with E-state index in [1.807, 2.05) is 55.6 Å². The number of rotatable bonds is 5. The predicted octanol–water partition coefficient (Wildman–Crippen LogP) is 4.84. The summed E-state index contributed by atoms with van der Waals surface area (Å²) in [5, 5.41) is 0. The summed E-state index contributed by atoms with van der Waals surface area (Å²) in [6.07, 6.45) is 3.57. The number of carbonyl (C=O) groups excluding carboxylic acids is 1. The first-order valence-corrected chi connectivity index (χ1v) is 9.08. The van der Waals surface area contributed by atoms with Gasteiger partial charge in [-0.15, -0.1) is 6.58 Å². The third kappa shape index (κ3) is 3.83. The van der Waals surface area contributed by atoms with Crippen LogP contribution in [0.3, 0.4) is 0 Å². The zero-order valence-electron chi connectivity index (χ0n) is 13.9. The van der Waals surface area contributed by atoms with E-state index in [1.165, 1.54) is 11.8 Å². The molecule has 1 amide bonds. The van der Waals surface area contributed by atoms with Crippen molar-refractivity contribution in [3.63, 3.8) is 0 Å². The highest BCUT2D eigenvalue weighted by molar-refractivity contribution is 8.26. The van der Waals surface area contributed by atoms with E-state index in [9.17, 15) is 4.79 Å². The molecule has 1 heterocycles. The summed E-state index contributed by atoms with van der Waals surface area (Å²) in [7, 11) is 2.03. The van der Waals surface area contributed by atoms with E-state index in [2.05, 4.69) is 23.6 Å². The summed E-state index contributed by atoms with van der Waals surface area (Å²) in [6, 6.07) is 18.3. The number of benzene rings is 2. The maximum absolute atomic E-state index is 12.4. The minimum Gasteiger partial charge on any atom is -0.345 e. The largest absolute Gasteiger partial charge is 0.345 e. The Morgan fingerprint density at radius 1 is 1.12 bits per heavy atom. The van der Waals surface area contributed by atoms with Gasteiger partial charge in [-0.05, 0) is 35.9 Å². The summed E-state index contributed by atoms with van der Waals surface area (Å²) in [5.74, 6) is -0.0552. The Bertz CT molecular complexity index is 829. The highest BCUT2D eigenvalue weighted by atomic mass is 32.2.